The molecule has 154 valence electrons. The van der Waals surface area contributed by atoms with E-state index in [4.69, 9.17) is 10.5 Å². The van der Waals surface area contributed by atoms with Gasteiger partial charge in [-0.05, 0) is 37.0 Å². The highest BCUT2D eigenvalue weighted by Crippen LogP contribution is 2.37. The van der Waals surface area contributed by atoms with Crippen LogP contribution in [-0.4, -0.2) is 22.7 Å². The molecule has 3 rings (SSSR count). The maximum atomic E-state index is 12.9. The molecule has 2 atom stereocenters. The first-order chi connectivity index (χ1) is 12.3. The number of rotatable bonds is 3. The minimum Gasteiger partial charge on any atom is -0.456 e. The Bertz CT molecular complexity index is 834. The third-order valence-corrected chi connectivity index (χ3v) is 4.34. The lowest BCUT2D eigenvalue weighted by Crippen LogP contribution is -2.26. The number of aromatic nitrogens is 2. The topological polar surface area (TPSA) is 78.1 Å². The normalized spacial score (nSPS) is 18.3. The molecule has 1 aromatic carbocycles. The zero-order valence-corrected chi connectivity index (χ0v) is 16.5. The molecule has 1 aliphatic carbocycles. The molecule has 2 unspecified atom stereocenters. The van der Waals surface area contributed by atoms with E-state index in [0.29, 0.717) is 35.4 Å². The van der Waals surface area contributed by atoms with Crippen LogP contribution in [0, 0.1) is 5.92 Å². The number of fused-ring (bicyclic) bond motifs is 1. The molecule has 0 saturated heterocycles. The molecule has 1 aliphatic rings. The van der Waals surface area contributed by atoms with Gasteiger partial charge in [-0.25, -0.2) is 0 Å². The molecule has 0 saturated carbocycles. The Labute approximate surface area is 172 Å². The van der Waals surface area contributed by atoms with E-state index in [1.165, 1.54) is 12.1 Å². The number of alkyl halides is 3. The number of nitrogens with zero attached hydrogens (tertiary/aromatic N) is 2. The van der Waals surface area contributed by atoms with Crippen molar-refractivity contribution in [3.8, 4) is 11.3 Å². The zero-order chi connectivity index (χ0) is 18.9. The first-order valence-electron chi connectivity index (χ1n) is 8.21. The molecule has 28 heavy (non-hydrogen) atoms. The fraction of sp³-hybridized carbons (Fsp3) is 0.389. The van der Waals surface area contributed by atoms with E-state index < -0.39 is 23.8 Å². The van der Waals surface area contributed by atoms with Crippen LogP contribution in [0.3, 0.4) is 0 Å². The molecular weight excluding hydrogens is 418 g/mol. The summed E-state index contributed by atoms with van der Waals surface area (Å²) in [6.07, 6.45) is -3.69. The number of nitrogens with two attached hydrogens (primary N) is 1. The van der Waals surface area contributed by atoms with E-state index in [9.17, 15) is 18.0 Å². The Morgan fingerprint density at radius 3 is 2.61 bits per heavy atom. The second kappa shape index (κ2) is 9.54. The Hall–Kier alpha value is -1.90. The lowest BCUT2D eigenvalue weighted by atomic mass is 9.85. The third kappa shape index (κ3) is 5.33. The minimum absolute atomic E-state index is 0. The maximum absolute atomic E-state index is 12.9. The van der Waals surface area contributed by atoms with Gasteiger partial charge in [-0.1, -0.05) is 19.1 Å². The molecule has 0 radical (unpaired) electrons. The summed E-state index contributed by atoms with van der Waals surface area (Å²) >= 11 is 0. The number of hydrogen-bond donors (Lipinski definition) is 1. The SMILES string of the molecule is CC1Cc2nnc(-c3cccc(C(F)(F)F)c3)cc2C(OC(=O)CN)C1.Cl.Cl. The van der Waals surface area contributed by atoms with E-state index in [0.717, 1.165) is 12.1 Å². The average Bonchev–Trinajstić information content (AvgIpc) is 2.60. The lowest BCUT2D eigenvalue weighted by Gasteiger charge is -2.28. The predicted octanol–water partition coefficient (Wildman–Crippen LogP) is 4.13. The van der Waals surface area contributed by atoms with Crippen molar-refractivity contribution in [1.82, 2.24) is 10.2 Å². The number of ether oxygens (including phenoxy) is 1. The highest BCUT2D eigenvalue weighted by atomic mass is 35.5. The van der Waals surface area contributed by atoms with Gasteiger partial charge in [0.05, 0.1) is 23.5 Å². The van der Waals surface area contributed by atoms with Gasteiger partial charge < -0.3 is 10.5 Å². The molecule has 0 fully saturated rings. The molecule has 2 N–H and O–H groups in total. The monoisotopic (exact) mass is 437 g/mol. The molecule has 1 heterocycles. The van der Waals surface area contributed by atoms with Crippen molar-refractivity contribution in [2.45, 2.75) is 32.0 Å². The summed E-state index contributed by atoms with van der Waals surface area (Å²) in [7, 11) is 0. The number of hydrogen-bond acceptors (Lipinski definition) is 5. The van der Waals surface area contributed by atoms with Crippen LogP contribution in [0.25, 0.3) is 11.3 Å². The Kier molecular flexibility index (Phi) is 8.22. The van der Waals surface area contributed by atoms with Gasteiger partial charge in [0.2, 0.25) is 0 Å². The molecule has 1 aromatic heterocycles. The second-order valence-electron chi connectivity index (χ2n) is 6.44. The highest BCUT2D eigenvalue weighted by molar-refractivity contribution is 5.85. The van der Waals surface area contributed by atoms with Crippen LogP contribution in [0.2, 0.25) is 0 Å². The van der Waals surface area contributed by atoms with Crippen LogP contribution in [0.4, 0.5) is 13.2 Å². The van der Waals surface area contributed by atoms with Crippen molar-refractivity contribution in [2.24, 2.45) is 11.7 Å². The quantitative estimate of drug-likeness (QED) is 0.730. The summed E-state index contributed by atoms with van der Waals surface area (Å²) in [6, 6.07) is 6.55. The van der Waals surface area contributed by atoms with Gasteiger partial charge >= 0.3 is 12.1 Å². The largest absolute Gasteiger partial charge is 0.456 e. The Morgan fingerprint density at radius 2 is 1.96 bits per heavy atom. The number of carbonyl (C=O) groups is 1. The van der Waals surface area contributed by atoms with Gasteiger partial charge in [-0.2, -0.15) is 23.4 Å². The fourth-order valence-electron chi connectivity index (χ4n) is 3.09. The van der Waals surface area contributed by atoms with E-state index in [-0.39, 0.29) is 37.3 Å². The molecule has 0 spiro atoms. The van der Waals surface area contributed by atoms with Crippen molar-refractivity contribution in [1.29, 1.82) is 0 Å². The molecule has 0 amide bonds. The smallest absolute Gasteiger partial charge is 0.416 e. The number of esters is 1. The van der Waals surface area contributed by atoms with Gasteiger partial charge in [-0.3, -0.25) is 4.79 Å². The summed E-state index contributed by atoms with van der Waals surface area (Å²) in [6.45, 7) is 1.77. The Balaban J connectivity index is 0.00000196. The molecular formula is C18H20Cl2F3N3O2. The third-order valence-electron chi connectivity index (χ3n) is 4.34. The van der Waals surface area contributed by atoms with Crippen molar-refractivity contribution in [2.75, 3.05) is 6.54 Å². The van der Waals surface area contributed by atoms with Crippen LogP contribution >= 0.6 is 24.8 Å². The average molecular weight is 438 g/mol. The van der Waals surface area contributed by atoms with Gasteiger partial charge in [0, 0.05) is 11.1 Å². The second-order valence-corrected chi connectivity index (χ2v) is 6.44. The van der Waals surface area contributed by atoms with E-state index in [1.807, 2.05) is 6.92 Å². The summed E-state index contributed by atoms with van der Waals surface area (Å²) in [5, 5.41) is 8.24. The Morgan fingerprint density at radius 1 is 1.25 bits per heavy atom. The van der Waals surface area contributed by atoms with Crippen LogP contribution < -0.4 is 5.73 Å². The van der Waals surface area contributed by atoms with Gasteiger partial charge in [0.25, 0.3) is 0 Å². The highest BCUT2D eigenvalue weighted by Gasteiger charge is 2.32. The first-order valence-corrected chi connectivity index (χ1v) is 8.21. The number of halogens is 5. The predicted molar refractivity (Wildman–Crippen MR) is 102 cm³/mol. The van der Waals surface area contributed by atoms with Crippen molar-refractivity contribution in [3.05, 3.63) is 47.2 Å². The minimum atomic E-state index is -4.44. The van der Waals surface area contributed by atoms with Crippen LogP contribution in [0.15, 0.2) is 30.3 Å². The van der Waals surface area contributed by atoms with Gasteiger partial charge in [0.1, 0.15) is 6.10 Å². The van der Waals surface area contributed by atoms with Gasteiger partial charge in [-0.15, -0.1) is 24.8 Å². The summed E-state index contributed by atoms with van der Waals surface area (Å²) < 4.78 is 44.2. The van der Waals surface area contributed by atoms with Crippen molar-refractivity contribution in [3.63, 3.8) is 0 Å². The van der Waals surface area contributed by atoms with Crippen LogP contribution in [0.5, 0.6) is 0 Å². The first kappa shape index (κ1) is 24.1. The van der Waals surface area contributed by atoms with Crippen molar-refractivity contribution < 1.29 is 22.7 Å². The lowest BCUT2D eigenvalue weighted by molar-refractivity contribution is -0.149. The zero-order valence-electron chi connectivity index (χ0n) is 14.9. The molecule has 10 heteroatoms. The molecule has 5 nitrogen and oxygen atoms in total. The summed E-state index contributed by atoms with van der Waals surface area (Å²) in [5.41, 5.74) is 6.53. The van der Waals surface area contributed by atoms with E-state index >= 15 is 0 Å². The fourth-order valence-corrected chi connectivity index (χ4v) is 3.09. The van der Waals surface area contributed by atoms with Gasteiger partial charge in [0.15, 0.2) is 0 Å². The number of carbonyl (C=O) groups excluding carboxylic acids is 1. The summed E-state index contributed by atoms with van der Waals surface area (Å²) in [4.78, 5) is 11.6. The van der Waals surface area contributed by atoms with E-state index in [2.05, 4.69) is 10.2 Å². The summed E-state index contributed by atoms with van der Waals surface area (Å²) in [5.74, 6) is -0.292. The standard InChI is InChI=1S/C18H18F3N3O2.2ClH/c1-10-5-15-13(16(6-10)26-17(25)9-22)8-14(23-24-15)11-3-2-4-12(7-11)18(19,20)21;;/h2-4,7-8,10,16H,5-6,9,22H2,1H3;2*1H. The van der Waals surface area contributed by atoms with Crippen molar-refractivity contribution >= 4 is 30.8 Å². The molecule has 0 bridgehead atoms. The molecule has 2 aromatic rings. The number of benzene rings is 1. The molecule has 0 aliphatic heterocycles. The maximum Gasteiger partial charge on any atom is 0.416 e. The van der Waals surface area contributed by atoms with Crippen LogP contribution in [0.1, 0.15) is 36.3 Å². The van der Waals surface area contributed by atoms with E-state index in [1.54, 1.807) is 6.07 Å². The van der Waals surface area contributed by atoms with Crippen LogP contribution in [-0.2, 0) is 22.1 Å².